The number of aliphatic hydroxyl groups excluding tert-OH is 4. The Morgan fingerprint density at radius 3 is 2.54 bits per heavy atom. The van der Waals surface area contributed by atoms with Gasteiger partial charge in [0.05, 0.1) is 6.61 Å². The highest BCUT2D eigenvalue weighted by Gasteiger charge is 2.49. The third kappa shape index (κ3) is 1.69. The molecule has 1 saturated heterocycles. The molecule has 0 aliphatic carbocycles. The highest BCUT2D eigenvalue weighted by atomic mass is 16.7. The van der Waals surface area contributed by atoms with Crippen molar-refractivity contribution in [2.24, 2.45) is 0 Å². The summed E-state index contributed by atoms with van der Waals surface area (Å²) in [6, 6.07) is 0. The van der Waals surface area contributed by atoms with Gasteiger partial charge in [0.1, 0.15) is 24.9 Å². The molecule has 1 aliphatic rings. The first-order chi connectivity index (χ1) is 6.07. The van der Waals surface area contributed by atoms with E-state index in [0.717, 1.165) is 0 Å². The smallest absolute Gasteiger partial charge is 0.220 e. The topological polar surface area (TPSA) is 99.4 Å². The molecular weight excluding hydrogens is 180 g/mol. The van der Waals surface area contributed by atoms with E-state index in [9.17, 15) is 10.2 Å². The molecule has 4 N–H and O–H groups in total. The fourth-order valence-corrected chi connectivity index (χ4v) is 1.26. The maximum atomic E-state index is 9.44. The summed E-state index contributed by atoms with van der Waals surface area (Å²) in [5.41, 5.74) is 0. The number of rotatable bonds is 2. The minimum atomic E-state index is -1.63. The van der Waals surface area contributed by atoms with E-state index in [-0.39, 0.29) is 6.61 Å². The van der Waals surface area contributed by atoms with Crippen molar-refractivity contribution in [3.05, 3.63) is 0 Å². The molecular formula is C7H14O6. The zero-order valence-electron chi connectivity index (χ0n) is 7.25. The van der Waals surface area contributed by atoms with Crippen LogP contribution < -0.4 is 0 Å². The summed E-state index contributed by atoms with van der Waals surface area (Å²) in [6.45, 7) is -0.777. The molecule has 0 aromatic carbocycles. The van der Waals surface area contributed by atoms with Crippen molar-refractivity contribution in [1.29, 1.82) is 0 Å². The van der Waals surface area contributed by atoms with Gasteiger partial charge in [-0.1, -0.05) is 0 Å². The normalized spacial score (nSPS) is 46.4. The standard InChI is InChI=1S/C7H14O6/c1-12-7(3-8)6(11)5(10)4(9)2-13-7/h4-6,8-11H,2-3H2,1H3/t4?,5?,6?,7-/m1/s1. The Morgan fingerprint density at radius 1 is 1.46 bits per heavy atom. The second kappa shape index (κ2) is 3.87. The van der Waals surface area contributed by atoms with E-state index in [0.29, 0.717) is 0 Å². The first-order valence-corrected chi connectivity index (χ1v) is 3.91. The highest BCUT2D eigenvalue weighted by Crippen LogP contribution is 2.26. The molecule has 0 aromatic rings. The highest BCUT2D eigenvalue weighted by molar-refractivity contribution is 4.92. The third-order valence-corrected chi connectivity index (χ3v) is 2.23. The fourth-order valence-electron chi connectivity index (χ4n) is 1.26. The lowest BCUT2D eigenvalue weighted by Gasteiger charge is -2.42. The van der Waals surface area contributed by atoms with Gasteiger partial charge in [0.15, 0.2) is 0 Å². The quantitative estimate of drug-likeness (QED) is 0.386. The van der Waals surface area contributed by atoms with Gasteiger partial charge in [0, 0.05) is 7.11 Å². The van der Waals surface area contributed by atoms with Crippen LogP contribution in [-0.4, -0.2) is 64.8 Å². The molecule has 1 heterocycles. The molecule has 6 nitrogen and oxygen atoms in total. The van der Waals surface area contributed by atoms with Crippen LogP contribution in [0.5, 0.6) is 0 Å². The van der Waals surface area contributed by atoms with E-state index < -0.39 is 30.7 Å². The predicted molar refractivity (Wildman–Crippen MR) is 40.8 cm³/mol. The van der Waals surface area contributed by atoms with Crippen LogP contribution in [0.1, 0.15) is 0 Å². The Balaban J connectivity index is 2.77. The third-order valence-electron chi connectivity index (χ3n) is 2.23. The van der Waals surface area contributed by atoms with E-state index in [1.807, 2.05) is 0 Å². The molecule has 13 heavy (non-hydrogen) atoms. The minimum Gasteiger partial charge on any atom is -0.391 e. The van der Waals surface area contributed by atoms with Crippen LogP contribution >= 0.6 is 0 Å². The average molecular weight is 194 g/mol. The van der Waals surface area contributed by atoms with E-state index >= 15 is 0 Å². The lowest BCUT2D eigenvalue weighted by Crippen LogP contribution is -2.63. The predicted octanol–water partition coefficient (Wildman–Crippen LogP) is -2.57. The van der Waals surface area contributed by atoms with Gasteiger partial charge in [-0.05, 0) is 0 Å². The Morgan fingerprint density at radius 2 is 2.08 bits per heavy atom. The van der Waals surface area contributed by atoms with Crippen molar-refractivity contribution >= 4 is 0 Å². The molecule has 0 aromatic heterocycles. The molecule has 0 amide bonds. The van der Waals surface area contributed by atoms with Crippen molar-refractivity contribution in [2.45, 2.75) is 24.1 Å². The van der Waals surface area contributed by atoms with Crippen LogP contribution in [0.4, 0.5) is 0 Å². The lowest BCUT2D eigenvalue weighted by atomic mass is 9.97. The van der Waals surface area contributed by atoms with Gasteiger partial charge in [-0.2, -0.15) is 0 Å². The summed E-state index contributed by atoms with van der Waals surface area (Å²) < 4.78 is 9.69. The van der Waals surface area contributed by atoms with Crippen LogP contribution in [0.3, 0.4) is 0 Å². The second-order valence-corrected chi connectivity index (χ2v) is 2.99. The first kappa shape index (κ1) is 10.8. The summed E-state index contributed by atoms with van der Waals surface area (Å²) >= 11 is 0. The van der Waals surface area contributed by atoms with Crippen LogP contribution in [-0.2, 0) is 9.47 Å². The van der Waals surface area contributed by atoms with Crippen LogP contribution in [0, 0.1) is 0 Å². The van der Waals surface area contributed by atoms with E-state index in [1.54, 1.807) is 0 Å². The van der Waals surface area contributed by atoms with Gasteiger partial charge in [0.25, 0.3) is 0 Å². The number of ether oxygens (including phenoxy) is 2. The number of methoxy groups -OCH3 is 1. The van der Waals surface area contributed by atoms with Crippen LogP contribution in [0.15, 0.2) is 0 Å². The van der Waals surface area contributed by atoms with Crippen molar-refractivity contribution in [3.63, 3.8) is 0 Å². The van der Waals surface area contributed by atoms with Crippen LogP contribution in [0.25, 0.3) is 0 Å². The minimum absolute atomic E-state index is 0.188. The van der Waals surface area contributed by atoms with Gasteiger partial charge < -0.3 is 29.9 Å². The van der Waals surface area contributed by atoms with Gasteiger partial charge in [-0.25, -0.2) is 0 Å². The molecule has 78 valence electrons. The number of aliphatic hydroxyl groups is 4. The van der Waals surface area contributed by atoms with Crippen molar-refractivity contribution in [3.8, 4) is 0 Å². The van der Waals surface area contributed by atoms with Crippen molar-refractivity contribution in [2.75, 3.05) is 20.3 Å². The molecule has 0 radical (unpaired) electrons. The molecule has 4 atom stereocenters. The Bertz CT molecular complexity index is 168. The Labute approximate surface area is 75.3 Å². The monoisotopic (exact) mass is 194 g/mol. The molecule has 0 saturated carbocycles. The molecule has 1 aliphatic heterocycles. The largest absolute Gasteiger partial charge is 0.391 e. The Kier molecular flexibility index (Phi) is 3.23. The molecule has 1 fully saturated rings. The molecule has 3 unspecified atom stereocenters. The molecule has 0 spiro atoms. The summed E-state index contributed by atoms with van der Waals surface area (Å²) in [5, 5.41) is 36.7. The molecule has 6 heteroatoms. The number of hydrogen-bond acceptors (Lipinski definition) is 6. The summed E-state index contributed by atoms with van der Waals surface area (Å²) in [6.07, 6.45) is -4.00. The van der Waals surface area contributed by atoms with Crippen molar-refractivity contribution in [1.82, 2.24) is 0 Å². The summed E-state index contributed by atoms with van der Waals surface area (Å²) in [5.74, 6) is -1.63. The van der Waals surface area contributed by atoms with Gasteiger partial charge >= 0.3 is 0 Å². The van der Waals surface area contributed by atoms with E-state index in [4.69, 9.17) is 19.7 Å². The molecule has 0 bridgehead atoms. The SMILES string of the molecule is CO[C@]1(CO)OCC(O)C(O)C1O. The number of hydrogen-bond donors (Lipinski definition) is 4. The Hall–Kier alpha value is -0.240. The van der Waals surface area contributed by atoms with Crippen molar-refractivity contribution < 1.29 is 29.9 Å². The van der Waals surface area contributed by atoms with Gasteiger partial charge in [-0.3, -0.25) is 0 Å². The summed E-state index contributed by atoms with van der Waals surface area (Å²) in [4.78, 5) is 0. The summed E-state index contributed by atoms with van der Waals surface area (Å²) in [7, 11) is 1.24. The zero-order chi connectivity index (χ0) is 10.1. The van der Waals surface area contributed by atoms with Gasteiger partial charge in [0.2, 0.25) is 5.79 Å². The average Bonchev–Trinajstić information content (AvgIpc) is 2.16. The van der Waals surface area contributed by atoms with E-state index in [2.05, 4.69) is 0 Å². The van der Waals surface area contributed by atoms with E-state index in [1.165, 1.54) is 7.11 Å². The maximum Gasteiger partial charge on any atom is 0.220 e. The molecule has 1 rings (SSSR count). The first-order valence-electron chi connectivity index (χ1n) is 3.91. The van der Waals surface area contributed by atoms with Crippen LogP contribution in [0.2, 0.25) is 0 Å². The zero-order valence-corrected chi connectivity index (χ0v) is 7.25. The maximum absolute atomic E-state index is 9.44. The van der Waals surface area contributed by atoms with Gasteiger partial charge in [-0.15, -0.1) is 0 Å². The lowest BCUT2D eigenvalue weighted by molar-refractivity contribution is -0.340. The fraction of sp³-hybridized carbons (Fsp3) is 1.00. The second-order valence-electron chi connectivity index (χ2n) is 2.99.